The van der Waals surface area contributed by atoms with Crippen LogP contribution < -0.4 is 11.1 Å². The molecule has 2 aromatic rings. The molecule has 0 amide bonds. The van der Waals surface area contributed by atoms with E-state index in [4.69, 9.17) is 5.73 Å². The molecule has 0 aromatic carbocycles. The van der Waals surface area contributed by atoms with Crippen LogP contribution in [0.15, 0.2) is 5.38 Å². The summed E-state index contributed by atoms with van der Waals surface area (Å²) in [5.74, 6) is 1.34. The normalized spacial score (nSPS) is 12.8. The van der Waals surface area contributed by atoms with Gasteiger partial charge in [-0.05, 0) is 37.7 Å². The highest BCUT2D eigenvalue weighted by Gasteiger charge is 2.17. The Labute approximate surface area is 135 Å². The summed E-state index contributed by atoms with van der Waals surface area (Å²) in [5.41, 5.74) is 7.91. The smallest absolute Gasteiger partial charge is 0.148 e. The van der Waals surface area contributed by atoms with Crippen molar-refractivity contribution in [2.45, 2.75) is 53.0 Å². The van der Waals surface area contributed by atoms with Crippen molar-refractivity contribution in [1.29, 1.82) is 0 Å². The first-order chi connectivity index (χ1) is 9.97. The molecule has 2 rings (SSSR count). The van der Waals surface area contributed by atoms with Crippen LogP contribution in [0, 0.1) is 12.8 Å². The second-order valence-corrected chi connectivity index (χ2v) is 7.73. The van der Waals surface area contributed by atoms with Crippen LogP contribution in [0.3, 0.4) is 0 Å². The van der Waals surface area contributed by atoms with E-state index in [1.165, 1.54) is 24.4 Å². The molecule has 0 fully saturated rings. The van der Waals surface area contributed by atoms with E-state index < -0.39 is 0 Å². The molecule has 0 bridgehead atoms. The number of nitrogens with one attached hydrogen (secondary N) is 1. The Bertz CT molecular complexity index is 574. The zero-order chi connectivity index (χ0) is 15.4. The van der Waals surface area contributed by atoms with Gasteiger partial charge in [0.25, 0.3) is 0 Å². The monoisotopic (exact) mass is 324 g/mol. The van der Waals surface area contributed by atoms with Gasteiger partial charge in [0.05, 0.1) is 16.3 Å². The van der Waals surface area contributed by atoms with Gasteiger partial charge < -0.3 is 11.1 Å². The van der Waals surface area contributed by atoms with E-state index in [2.05, 4.69) is 35.4 Å². The molecule has 2 heterocycles. The molecule has 0 saturated heterocycles. The van der Waals surface area contributed by atoms with Crippen LogP contribution in [-0.4, -0.2) is 15.4 Å². The fraction of sp³-hybridized carbons (Fsp3) is 0.600. The van der Waals surface area contributed by atoms with E-state index in [0.29, 0.717) is 11.9 Å². The first-order valence-corrected chi connectivity index (χ1v) is 9.06. The maximum absolute atomic E-state index is 6.02. The van der Waals surface area contributed by atoms with Gasteiger partial charge in [-0.15, -0.1) is 11.3 Å². The van der Waals surface area contributed by atoms with Crippen LogP contribution in [-0.2, 0) is 0 Å². The second kappa shape index (κ2) is 7.22. The number of nitrogen functional groups attached to an aromatic ring is 1. The van der Waals surface area contributed by atoms with Crippen LogP contribution in [0.2, 0.25) is 0 Å². The Morgan fingerprint density at radius 1 is 1.29 bits per heavy atom. The molecule has 0 aliphatic rings. The molecular formula is C15H24N4S2. The second-order valence-electron chi connectivity index (χ2n) is 5.89. The molecule has 4 nitrogen and oxygen atoms in total. The maximum atomic E-state index is 6.02. The van der Waals surface area contributed by atoms with Crippen LogP contribution >= 0.6 is 22.9 Å². The fourth-order valence-electron chi connectivity index (χ4n) is 2.25. The zero-order valence-electron chi connectivity index (χ0n) is 13.1. The lowest BCUT2D eigenvalue weighted by atomic mass is 10.0. The summed E-state index contributed by atoms with van der Waals surface area (Å²) in [6, 6.07) is 0.419. The number of anilines is 2. The highest BCUT2D eigenvalue weighted by Crippen LogP contribution is 2.37. The van der Waals surface area contributed by atoms with Gasteiger partial charge in [-0.3, -0.25) is 0 Å². The van der Waals surface area contributed by atoms with E-state index in [9.17, 15) is 0 Å². The highest BCUT2D eigenvalue weighted by atomic mass is 32.1. The van der Waals surface area contributed by atoms with Crippen molar-refractivity contribution in [3.63, 3.8) is 0 Å². The molecule has 3 N–H and O–H groups in total. The number of thiazole rings is 1. The molecule has 21 heavy (non-hydrogen) atoms. The summed E-state index contributed by atoms with van der Waals surface area (Å²) in [7, 11) is 0. The van der Waals surface area contributed by atoms with Crippen LogP contribution in [0.1, 0.15) is 45.0 Å². The molecule has 116 valence electrons. The summed E-state index contributed by atoms with van der Waals surface area (Å²) in [4.78, 5) is 4.53. The third-order valence-electron chi connectivity index (χ3n) is 3.39. The van der Waals surface area contributed by atoms with Crippen molar-refractivity contribution < 1.29 is 0 Å². The topological polar surface area (TPSA) is 63.8 Å². The van der Waals surface area contributed by atoms with Gasteiger partial charge in [0.15, 0.2) is 0 Å². The predicted molar refractivity (Wildman–Crippen MR) is 94.1 cm³/mol. The molecule has 0 spiro atoms. The van der Waals surface area contributed by atoms with Crippen LogP contribution in [0.4, 0.5) is 10.8 Å². The third-order valence-corrected chi connectivity index (χ3v) is 4.96. The van der Waals surface area contributed by atoms with Gasteiger partial charge in [0, 0.05) is 11.4 Å². The van der Waals surface area contributed by atoms with E-state index in [1.807, 2.05) is 12.3 Å². The molecule has 0 radical (unpaired) electrons. The number of aryl methyl sites for hydroxylation is 1. The van der Waals surface area contributed by atoms with Gasteiger partial charge in [-0.25, -0.2) is 4.98 Å². The Morgan fingerprint density at radius 3 is 2.67 bits per heavy atom. The van der Waals surface area contributed by atoms with Crippen molar-refractivity contribution in [2.24, 2.45) is 5.92 Å². The summed E-state index contributed by atoms with van der Waals surface area (Å²) in [5, 5.41) is 7.68. The van der Waals surface area contributed by atoms with Crippen molar-refractivity contribution in [2.75, 3.05) is 11.1 Å². The lowest BCUT2D eigenvalue weighted by Gasteiger charge is -2.15. The third kappa shape index (κ3) is 4.41. The van der Waals surface area contributed by atoms with Crippen molar-refractivity contribution in [3.05, 3.63) is 10.4 Å². The van der Waals surface area contributed by atoms with Gasteiger partial charge in [0.1, 0.15) is 10.8 Å². The Balaban J connectivity index is 2.04. The Kier molecular flexibility index (Phi) is 5.58. The van der Waals surface area contributed by atoms with E-state index in [1.54, 1.807) is 11.3 Å². The number of rotatable bonds is 7. The van der Waals surface area contributed by atoms with Crippen LogP contribution in [0.25, 0.3) is 11.3 Å². The van der Waals surface area contributed by atoms with Crippen LogP contribution in [0.5, 0.6) is 0 Å². The standard InChI is InChI=1S/C15H24N4S2/c1-9(2)6-5-7-10(3)17-15-13(14(16)19-21-15)12-8-20-11(4)18-12/h8-10,17H,5-7H2,1-4H3,(H2,16,19). The fourth-order valence-corrected chi connectivity index (χ4v) is 3.69. The molecular weight excluding hydrogens is 300 g/mol. The Morgan fingerprint density at radius 2 is 2.05 bits per heavy atom. The maximum Gasteiger partial charge on any atom is 0.148 e. The first kappa shape index (κ1) is 16.2. The average Bonchev–Trinajstić information content (AvgIpc) is 2.95. The molecule has 6 heteroatoms. The molecule has 1 atom stereocenters. The van der Waals surface area contributed by atoms with Crippen molar-refractivity contribution in [3.8, 4) is 11.3 Å². The quantitative estimate of drug-likeness (QED) is 0.769. The van der Waals surface area contributed by atoms with E-state index in [0.717, 1.165) is 33.6 Å². The zero-order valence-corrected chi connectivity index (χ0v) is 14.8. The number of hydrogen-bond donors (Lipinski definition) is 2. The molecule has 1 unspecified atom stereocenters. The molecule has 0 aliphatic carbocycles. The lowest BCUT2D eigenvalue weighted by Crippen LogP contribution is -2.15. The lowest BCUT2D eigenvalue weighted by molar-refractivity contribution is 0.520. The van der Waals surface area contributed by atoms with Crippen molar-refractivity contribution >= 4 is 33.7 Å². The number of nitrogens with zero attached hydrogens (tertiary/aromatic N) is 2. The minimum Gasteiger partial charge on any atom is -0.382 e. The SMILES string of the molecule is Cc1nc(-c2c(N)nsc2NC(C)CCCC(C)C)cs1. The molecule has 2 aromatic heterocycles. The van der Waals surface area contributed by atoms with E-state index >= 15 is 0 Å². The first-order valence-electron chi connectivity index (χ1n) is 7.41. The minimum atomic E-state index is 0.419. The largest absolute Gasteiger partial charge is 0.382 e. The van der Waals surface area contributed by atoms with Gasteiger partial charge in [-0.2, -0.15) is 4.37 Å². The number of hydrogen-bond acceptors (Lipinski definition) is 6. The molecule has 0 saturated carbocycles. The van der Waals surface area contributed by atoms with Gasteiger partial charge in [-0.1, -0.05) is 26.7 Å². The van der Waals surface area contributed by atoms with Gasteiger partial charge in [0.2, 0.25) is 0 Å². The summed E-state index contributed by atoms with van der Waals surface area (Å²) in [6.45, 7) is 8.76. The minimum absolute atomic E-state index is 0.419. The number of nitrogens with two attached hydrogens (primary N) is 1. The van der Waals surface area contributed by atoms with Gasteiger partial charge >= 0.3 is 0 Å². The summed E-state index contributed by atoms with van der Waals surface area (Å²) >= 11 is 3.07. The predicted octanol–water partition coefficient (Wildman–Crippen LogP) is 4.78. The van der Waals surface area contributed by atoms with E-state index in [-0.39, 0.29) is 0 Å². The molecule has 0 aliphatic heterocycles. The Hall–Kier alpha value is -1.14. The highest BCUT2D eigenvalue weighted by molar-refractivity contribution is 7.11. The number of aromatic nitrogens is 2. The average molecular weight is 325 g/mol. The van der Waals surface area contributed by atoms with Crippen molar-refractivity contribution in [1.82, 2.24) is 9.36 Å². The summed E-state index contributed by atoms with van der Waals surface area (Å²) < 4.78 is 4.29. The summed E-state index contributed by atoms with van der Waals surface area (Å²) in [6.07, 6.45) is 3.67.